The highest BCUT2D eigenvalue weighted by atomic mass is 16.7. The molecule has 5 nitrogen and oxygen atoms in total. The zero-order valence-corrected chi connectivity index (χ0v) is 8.94. The summed E-state index contributed by atoms with van der Waals surface area (Å²) in [6, 6.07) is 0. The zero-order chi connectivity index (χ0) is 13.1. The average molecular weight is 283 g/mol. The van der Waals surface area contributed by atoms with Crippen molar-refractivity contribution >= 4 is 11.6 Å². The summed E-state index contributed by atoms with van der Waals surface area (Å²) in [5.74, 6) is -0.241. The van der Waals surface area contributed by atoms with Gasteiger partial charge in [-0.1, -0.05) is 52.7 Å². The molecule has 0 heterocycles. The maximum atomic E-state index is 10.4. The highest BCUT2D eigenvalue weighted by Gasteiger charge is 1.97. The number of hydrogen-bond acceptors (Lipinski definition) is 5. The molecule has 0 radical (unpaired) electrons. The quantitative estimate of drug-likeness (QED) is 0.503. The standard InChI is InChI=1S/C6H4O2.C6H7O.3CH4.O2/c7-5-1-2-6(8)4-3-5;7-6-4-2-1-3-5-6;;;;1-2/h1-4H;2-6H,1H2;3*1H4;/q;-1;;;;. The highest BCUT2D eigenvalue weighted by Crippen LogP contribution is 1.96. The fourth-order valence-electron chi connectivity index (χ4n) is 1.01. The van der Waals surface area contributed by atoms with Crippen LogP contribution in [0.15, 0.2) is 48.6 Å². The van der Waals surface area contributed by atoms with Crippen molar-refractivity contribution in [2.24, 2.45) is 0 Å². The van der Waals surface area contributed by atoms with E-state index in [-0.39, 0.29) is 33.8 Å². The third-order valence-electron chi connectivity index (χ3n) is 1.75. The van der Waals surface area contributed by atoms with E-state index < -0.39 is 6.10 Å². The molecular weight excluding hydrogens is 260 g/mol. The van der Waals surface area contributed by atoms with Crippen LogP contribution in [0, 0.1) is 9.93 Å². The van der Waals surface area contributed by atoms with Gasteiger partial charge in [-0.25, -0.2) is 0 Å². The van der Waals surface area contributed by atoms with Crippen molar-refractivity contribution in [3.05, 3.63) is 58.5 Å². The van der Waals surface area contributed by atoms with Crippen LogP contribution in [-0.2, 0) is 9.59 Å². The Morgan fingerprint density at radius 3 is 1.30 bits per heavy atom. The Morgan fingerprint density at radius 2 is 1.10 bits per heavy atom. The van der Waals surface area contributed by atoms with Crippen molar-refractivity contribution in [2.45, 2.75) is 34.8 Å². The maximum Gasteiger partial charge on any atom is 0.178 e. The van der Waals surface area contributed by atoms with Crippen LogP contribution in [0.4, 0.5) is 0 Å². The molecule has 0 spiro atoms. The molecule has 2 aliphatic rings. The Balaban J connectivity index is -0.000000101. The minimum absolute atomic E-state index is 0. The van der Waals surface area contributed by atoms with Crippen LogP contribution in [0.3, 0.4) is 0 Å². The first-order valence-corrected chi connectivity index (χ1v) is 4.78. The van der Waals surface area contributed by atoms with Crippen molar-refractivity contribution in [1.82, 2.24) is 0 Å². The summed E-state index contributed by atoms with van der Waals surface area (Å²) < 4.78 is 0. The number of ketones is 2. The molecule has 2 aliphatic carbocycles. The molecule has 0 bridgehead atoms. The third-order valence-corrected chi connectivity index (χ3v) is 1.75. The van der Waals surface area contributed by atoms with Gasteiger partial charge in [0.05, 0.1) is 0 Å². The molecule has 0 aliphatic heterocycles. The van der Waals surface area contributed by atoms with E-state index in [1.165, 1.54) is 24.3 Å². The summed E-state index contributed by atoms with van der Waals surface area (Å²) in [5.41, 5.74) is 0. The normalized spacial score (nSPS) is 14.4. The lowest BCUT2D eigenvalue weighted by Crippen LogP contribution is -2.19. The van der Waals surface area contributed by atoms with Gasteiger partial charge in [0.2, 0.25) is 0 Å². The fraction of sp³-hybridized carbons (Fsp3) is 0.333. The molecule has 0 unspecified atom stereocenters. The van der Waals surface area contributed by atoms with Gasteiger partial charge in [-0.3, -0.25) is 9.59 Å². The summed E-state index contributed by atoms with van der Waals surface area (Å²) in [6.45, 7) is 0. The van der Waals surface area contributed by atoms with Crippen LogP contribution < -0.4 is 5.11 Å². The molecule has 0 aromatic rings. The van der Waals surface area contributed by atoms with Crippen molar-refractivity contribution in [3.8, 4) is 0 Å². The molecule has 2 rings (SSSR count). The number of carbonyl (C=O) groups excluding carboxylic acids is 2. The van der Waals surface area contributed by atoms with E-state index in [0.717, 1.165) is 6.42 Å². The van der Waals surface area contributed by atoms with E-state index in [4.69, 9.17) is 9.93 Å². The molecule has 5 heteroatoms. The summed E-state index contributed by atoms with van der Waals surface area (Å²) in [7, 11) is 0. The van der Waals surface area contributed by atoms with Gasteiger partial charge >= 0.3 is 0 Å². The van der Waals surface area contributed by atoms with Gasteiger partial charge in [0.25, 0.3) is 0 Å². The summed E-state index contributed by atoms with van der Waals surface area (Å²) in [5, 5.41) is 10.4. The minimum Gasteiger partial charge on any atom is -0.846 e. The summed E-state index contributed by atoms with van der Waals surface area (Å²) >= 11 is 0. The van der Waals surface area contributed by atoms with Gasteiger partial charge < -0.3 is 5.11 Å². The van der Waals surface area contributed by atoms with E-state index in [1.54, 1.807) is 12.2 Å². The molecule has 0 saturated heterocycles. The topological polar surface area (TPSA) is 91.3 Å². The van der Waals surface area contributed by atoms with Crippen molar-refractivity contribution < 1.29 is 14.7 Å². The monoisotopic (exact) mass is 283 g/mol. The lowest BCUT2D eigenvalue weighted by atomic mass is 10.2. The zero-order valence-electron chi connectivity index (χ0n) is 8.94. The second kappa shape index (κ2) is 16.9. The second-order valence-corrected chi connectivity index (χ2v) is 3.03. The Morgan fingerprint density at radius 1 is 0.800 bits per heavy atom. The molecule has 0 atom stereocenters. The molecule has 20 heavy (non-hydrogen) atoms. The van der Waals surface area contributed by atoms with Gasteiger partial charge in [0.15, 0.2) is 11.6 Å². The molecule has 0 amide bonds. The van der Waals surface area contributed by atoms with E-state index in [0.29, 0.717) is 0 Å². The number of carbonyl (C=O) groups is 2. The predicted octanol–water partition coefficient (Wildman–Crippen LogP) is 2.46. The van der Waals surface area contributed by atoms with Crippen molar-refractivity contribution in [3.63, 3.8) is 0 Å². The molecule has 0 saturated carbocycles. The SMILES string of the molecule is C.C.C.O=C1C=CC(=O)C=C1.O=O.[O-]C1C=CCC=C1. The van der Waals surface area contributed by atoms with E-state index in [1.807, 2.05) is 12.2 Å². The van der Waals surface area contributed by atoms with Gasteiger partial charge in [-0.05, 0) is 30.7 Å². The molecule has 0 N–H and O–H groups in total. The van der Waals surface area contributed by atoms with Crippen LogP contribution in [0.2, 0.25) is 0 Å². The Hall–Kier alpha value is -2.14. The van der Waals surface area contributed by atoms with Crippen LogP contribution >= 0.6 is 0 Å². The number of allylic oxidation sites excluding steroid dienone is 6. The molecule has 114 valence electrons. The average Bonchev–Trinajstić information content (AvgIpc) is 2.37. The molecule has 0 fully saturated rings. The number of rotatable bonds is 0. The van der Waals surface area contributed by atoms with Crippen LogP contribution in [-0.4, -0.2) is 17.7 Å². The summed E-state index contributed by atoms with van der Waals surface area (Å²) in [4.78, 5) is 34.6. The smallest absolute Gasteiger partial charge is 0.178 e. The van der Waals surface area contributed by atoms with Crippen LogP contribution in [0.5, 0.6) is 0 Å². The largest absolute Gasteiger partial charge is 0.846 e. The molecule has 0 aromatic heterocycles. The van der Waals surface area contributed by atoms with Gasteiger partial charge in [0.1, 0.15) is 0 Å². The number of hydrogen-bond donors (Lipinski definition) is 0. The third kappa shape index (κ3) is 13.9. The lowest BCUT2D eigenvalue weighted by molar-refractivity contribution is -0.387. The Kier molecular flexibility index (Phi) is 22.3. The Bertz CT molecular complexity index is 328. The minimum atomic E-state index is -0.575. The van der Waals surface area contributed by atoms with Crippen LogP contribution in [0.25, 0.3) is 0 Å². The predicted molar refractivity (Wildman–Crippen MR) is 81.9 cm³/mol. The lowest BCUT2D eigenvalue weighted by Gasteiger charge is -2.13. The highest BCUT2D eigenvalue weighted by molar-refractivity contribution is 6.14. The second-order valence-electron chi connectivity index (χ2n) is 3.03. The Labute approximate surface area is 120 Å². The van der Waals surface area contributed by atoms with E-state index >= 15 is 0 Å². The first-order chi connectivity index (χ1) is 8.18. The van der Waals surface area contributed by atoms with Gasteiger partial charge in [0, 0.05) is 9.93 Å². The van der Waals surface area contributed by atoms with E-state index in [2.05, 4.69) is 0 Å². The van der Waals surface area contributed by atoms with Gasteiger partial charge in [-0.15, -0.1) is 0 Å². The van der Waals surface area contributed by atoms with Crippen molar-refractivity contribution in [1.29, 1.82) is 0 Å². The first kappa shape index (κ1) is 26.4. The summed E-state index contributed by atoms with van der Waals surface area (Å²) in [6.07, 6.45) is 12.5. The fourth-order valence-corrected chi connectivity index (χ4v) is 1.01. The van der Waals surface area contributed by atoms with Crippen molar-refractivity contribution in [2.75, 3.05) is 0 Å². The van der Waals surface area contributed by atoms with Crippen LogP contribution in [0.1, 0.15) is 28.7 Å². The van der Waals surface area contributed by atoms with Gasteiger partial charge in [-0.2, -0.15) is 0 Å². The molecular formula is C15H23O5-. The van der Waals surface area contributed by atoms with E-state index in [9.17, 15) is 14.7 Å². The molecule has 0 aromatic carbocycles. The first-order valence-electron chi connectivity index (χ1n) is 4.78. The maximum absolute atomic E-state index is 10.4.